The Hall–Kier alpha value is -1.36. The topological polar surface area (TPSA) is 126 Å². The van der Waals surface area contributed by atoms with Crippen LogP contribution in [0.15, 0.2) is 12.2 Å². The van der Waals surface area contributed by atoms with Crippen LogP contribution < -0.4 is 0 Å². The number of nitrogens with zero attached hydrogens (tertiary/aromatic N) is 1. The van der Waals surface area contributed by atoms with Crippen molar-refractivity contribution in [2.75, 3.05) is 14.1 Å². The number of carbonyl (C=O) groups excluding carboxylic acids is 2. The molecule has 0 aliphatic carbocycles. The van der Waals surface area contributed by atoms with Crippen molar-refractivity contribution in [3.8, 4) is 0 Å². The fourth-order valence-electron chi connectivity index (χ4n) is 4.94. The molecule has 3 N–H and O–H groups in total. The minimum absolute atomic E-state index is 0.162. The zero-order valence-corrected chi connectivity index (χ0v) is 21.7. The quantitative estimate of drug-likeness (QED) is 0.505. The lowest BCUT2D eigenvalue weighted by Crippen LogP contribution is -2.56. The van der Waals surface area contributed by atoms with E-state index in [0.29, 0.717) is 12.8 Å². The summed E-state index contributed by atoms with van der Waals surface area (Å²) in [5.41, 5.74) is -1.75. The zero-order chi connectivity index (χ0) is 26.0. The van der Waals surface area contributed by atoms with Crippen LogP contribution in [0.1, 0.15) is 54.4 Å². The van der Waals surface area contributed by atoms with Crippen molar-refractivity contribution in [2.24, 2.45) is 17.8 Å². The molecule has 0 amide bonds. The molecule has 1 unspecified atom stereocenters. The van der Waals surface area contributed by atoms with Crippen LogP contribution in [0.5, 0.6) is 0 Å². The summed E-state index contributed by atoms with van der Waals surface area (Å²) in [6, 6.07) is -0.182. The van der Waals surface area contributed by atoms with Gasteiger partial charge in [0.15, 0.2) is 18.2 Å². The number of hydrogen-bond donors (Lipinski definition) is 3. The molecule has 34 heavy (non-hydrogen) atoms. The van der Waals surface area contributed by atoms with E-state index in [9.17, 15) is 24.9 Å². The predicted octanol–water partition coefficient (Wildman–Crippen LogP) is 1.28. The fourth-order valence-corrected chi connectivity index (χ4v) is 4.94. The third-order valence-electron chi connectivity index (χ3n) is 7.05. The molecule has 9 heteroatoms. The minimum Gasteiger partial charge on any atom is -0.456 e. The van der Waals surface area contributed by atoms with Crippen LogP contribution in [0.25, 0.3) is 0 Å². The number of likely N-dealkylation sites (N-methyl/N-ethyl adjacent to an activating group) is 1. The van der Waals surface area contributed by atoms with Crippen LogP contribution in [-0.2, 0) is 23.8 Å². The van der Waals surface area contributed by atoms with Gasteiger partial charge in [0.1, 0.15) is 11.7 Å². The number of aliphatic hydroxyl groups is 3. The summed E-state index contributed by atoms with van der Waals surface area (Å²) in [6.45, 7) is 10.0. The smallest absolute Gasteiger partial charge is 0.311 e. The van der Waals surface area contributed by atoms with E-state index in [4.69, 9.17) is 14.2 Å². The van der Waals surface area contributed by atoms with Crippen molar-refractivity contribution in [3.63, 3.8) is 0 Å². The van der Waals surface area contributed by atoms with Gasteiger partial charge in [-0.25, -0.2) is 0 Å². The standard InChI is InChI=1S/C25H43NO8/c1-13-11-14(2)21(33-24-20(29)18(26(7)8)12-15(3)32-24)16(4)23(30)34-22(17(5)27)25(6,31)10-9-19(13)28/h9-10,13-18,20-22,24,27,29,31H,11-12H2,1-8H3/b10-9+/t13-,14+,15-,16-,17-,18+,20-,21+,22-,24?,25+/m1/s1. The lowest BCUT2D eigenvalue weighted by atomic mass is 9.83. The van der Waals surface area contributed by atoms with Crippen molar-refractivity contribution in [1.82, 2.24) is 4.90 Å². The van der Waals surface area contributed by atoms with Gasteiger partial charge in [-0.05, 0) is 72.7 Å². The summed E-state index contributed by atoms with van der Waals surface area (Å²) in [6.07, 6.45) is -1.67. The summed E-state index contributed by atoms with van der Waals surface area (Å²) in [7, 11) is 3.76. The maximum Gasteiger partial charge on any atom is 0.311 e. The first kappa shape index (κ1) is 28.9. The predicted molar refractivity (Wildman–Crippen MR) is 126 cm³/mol. The molecule has 0 radical (unpaired) electrons. The Morgan fingerprint density at radius 3 is 2.35 bits per heavy atom. The van der Waals surface area contributed by atoms with Crippen LogP contribution in [-0.4, -0.2) is 94.5 Å². The SMILES string of the molecule is C[C@@H]1C[C@H](N(C)C)[C@@H](O)C(O[C@H]2[C@@H](C)C[C@@H](C)C(=O)/C=C/[C@](C)(O)[C@@H]([C@@H](C)O)OC(=O)[C@@H]2C)O1. The maximum atomic E-state index is 13.2. The molecule has 0 saturated carbocycles. The molecule has 0 bridgehead atoms. The van der Waals surface area contributed by atoms with E-state index < -0.39 is 54.1 Å². The van der Waals surface area contributed by atoms with Crippen LogP contribution in [0.3, 0.4) is 0 Å². The minimum atomic E-state index is -1.75. The average molecular weight is 486 g/mol. The highest BCUT2D eigenvalue weighted by atomic mass is 16.7. The summed E-state index contributed by atoms with van der Waals surface area (Å²) in [5, 5.41) is 32.0. The van der Waals surface area contributed by atoms with Crippen LogP contribution in [0, 0.1) is 17.8 Å². The average Bonchev–Trinajstić information content (AvgIpc) is 2.73. The summed E-state index contributed by atoms with van der Waals surface area (Å²) < 4.78 is 17.7. The number of ketones is 1. The highest BCUT2D eigenvalue weighted by Gasteiger charge is 2.44. The number of cyclic esters (lactones) is 1. The Bertz CT molecular complexity index is 736. The van der Waals surface area contributed by atoms with Crippen LogP contribution in [0.2, 0.25) is 0 Å². The van der Waals surface area contributed by atoms with Gasteiger partial charge in [0.25, 0.3) is 0 Å². The first-order valence-electron chi connectivity index (χ1n) is 12.1. The molecule has 1 fully saturated rings. The number of ether oxygens (including phenoxy) is 3. The Kier molecular flexibility index (Phi) is 9.84. The lowest BCUT2D eigenvalue weighted by Gasteiger charge is -2.43. The van der Waals surface area contributed by atoms with Gasteiger partial charge in [0.2, 0.25) is 0 Å². The number of esters is 1. The van der Waals surface area contributed by atoms with Crippen molar-refractivity contribution < 1.29 is 39.1 Å². The monoisotopic (exact) mass is 485 g/mol. The van der Waals surface area contributed by atoms with E-state index in [0.717, 1.165) is 0 Å². The third-order valence-corrected chi connectivity index (χ3v) is 7.05. The number of carbonyl (C=O) groups is 2. The normalized spacial score (nSPS) is 44.6. The second-order valence-electron chi connectivity index (χ2n) is 10.6. The molecule has 9 nitrogen and oxygen atoms in total. The number of aliphatic hydroxyl groups excluding tert-OH is 2. The van der Waals surface area contributed by atoms with Gasteiger partial charge < -0.3 is 34.4 Å². The Morgan fingerprint density at radius 1 is 1.18 bits per heavy atom. The molecule has 0 spiro atoms. The summed E-state index contributed by atoms with van der Waals surface area (Å²) in [5.74, 6) is -2.32. The molecule has 2 aliphatic rings. The van der Waals surface area contributed by atoms with Gasteiger partial charge in [-0.2, -0.15) is 0 Å². The molecule has 196 valence electrons. The largest absolute Gasteiger partial charge is 0.456 e. The lowest BCUT2D eigenvalue weighted by molar-refractivity contribution is -0.279. The van der Waals surface area contributed by atoms with Gasteiger partial charge >= 0.3 is 5.97 Å². The van der Waals surface area contributed by atoms with Gasteiger partial charge in [-0.15, -0.1) is 0 Å². The van der Waals surface area contributed by atoms with E-state index in [-0.39, 0.29) is 23.8 Å². The van der Waals surface area contributed by atoms with Crippen molar-refractivity contribution in [3.05, 3.63) is 12.2 Å². The fraction of sp³-hybridized carbons (Fsp3) is 0.840. The summed E-state index contributed by atoms with van der Waals surface area (Å²) in [4.78, 5) is 27.8. The molecule has 1 saturated heterocycles. The maximum absolute atomic E-state index is 13.2. The number of hydrogen-bond acceptors (Lipinski definition) is 9. The second kappa shape index (κ2) is 11.6. The highest BCUT2D eigenvalue weighted by molar-refractivity contribution is 5.91. The van der Waals surface area contributed by atoms with Gasteiger partial charge in [0.05, 0.1) is 24.2 Å². The third kappa shape index (κ3) is 6.86. The van der Waals surface area contributed by atoms with Gasteiger partial charge in [0, 0.05) is 12.0 Å². The van der Waals surface area contributed by atoms with Crippen molar-refractivity contribution in [2.45, 2.75) is 103 Å². The van der Waals surface area contributed by atoms with Crippen molar-refractivity contribution in [1.29, 1.82) is 0 Å². The molecular formula is C25H43NO8. The van der Waals surface area contributed by atoms with Gasteiger partial charge in [-0.1, -0.05) is 13.8 Å². The first-order chi connectivity index (χ1) is 15.7. The van der Waals surface area contributed by atoms with Crippen LogP contribution in [0.4, 0.5) is 0 Å². The van der Waals surface area contributed by atoms with E-state index in [1.807, 2.05) is 32.8 Å². The molecule has 2 heterocycles. The van der Waals surface area contributed by atoms with E-state index in [2.05, 4.69) is 0 Å². The van der Waals surface area contributed by atoms with Gasteiger partial charge in [-0.3, -0.25) is 9.59 Å². The number of rotatable bonds is 4. The molecule has 2 rings (SSSR count). The van der Waals surface area contributed by atoms with E-state index in [1.54, 1.807) is 13.8 Å². The zero-order valence-electron chi connectivity index (χ0n) is 21.7. The Morgan fingerprint density at radius 2 is 1.79 bits per heavy atom. The Labute approximate surface area is 203 Å². The van der Waals surface area contributed by atoms with Crippen LogP contribution >= 0.6 is 0 Å². The Balaban J connectivity index is 2.40. The molecule has 2 aliphatic heterocycles. The molecule has 0 aromatic carbocycles. The summed E-state index contributed by atoms with van der Waals surface area (Å²) >= 11 is 0. The molecule has 0 aromatic heterocycles. The molecule has 11 atom stereocenters. The molecule has 0 aromatic rings. The van der Waals surface area contributed by atoms with E-state index in [1.165, 1.54) is 26.0 Å². The first-order valence-corrected chi connectivity index (χ1v) is 12.1. The molecular weight excluding hydrogens is 442 g/mol. The van der Waals surface area contributed by atoms with Crippen molar-refractivity contribution >= 4 is 11.8 Å². The highest BCUT2D eigenvalue weighted by Crippen LogP contribution is 2.32. The second-order valence-corrected chi connectivity index (χ2v) is 10.6. The number of allylic oxidation sites excluding steroid dienone is 1. The van der Waals surface area contributed by atoms with E-state index >= 15 is 0 Å².